The number of sulfonamides is 1. The average molecular weight is 284 g/mol. The lowest BCUT2D eigenvalue weighted by molar-refractivity contribution is 0.436. The predicted octanol–water partition coefficient (Wildman–Crippen LogP) is 1.49. The van der Waals surface area contributed by atoms with E-state index in [9.17, 15) is 8.42 Å². The molecule has 0 bridgehead atoms. The van der Waals surface area contributed by atoms with Crippen LogP contribution >= 0.6 is 0 Å². The third-order valence-electron chi connectivity index (χ3n) is 3.19. The molecule has 4 nitrogen and oxygen atoms in total. The van der Waals surface area contributed by atoms with E-state index < -0.39 is 10.0 Å². The maximum Gasteiger partial charge on any atom is 0.210 e. The SMILES string of the molecule is C[C@H](CCc1ccccc1)NCCN(C)S(C)(=O)=O. The Bertz CT molecular complexity index is 460. The molecule has 0 radical (unpaired) electrons. The van der Waals surface area contributed by atoms with Crippen molar-refractivity contribution in [1.29, 1.82) is 0 Å². The van der Waals surface area contributed by atoms with Gasteiger partial charge in [0.2, 0.25) is 10.0 Å². The molecule has 1 aromatic rings. The fraction of sp³-hybridized carbons (Fsp3) is 0.571. The van der Waals surface area contributed by atoms with Crippen molar-refractivity contribution in [2.24, 2.45) is 0 Å². The highest BCUT2D eigenvalue weighted by molar-refractivity contribution is 7.88. The molecule has 1 atom stereocenters. The van der Waals surface area contributed by atoms with Crippen molar-refractivity contribution < 1.29 is 8.42 Å². The van der Waals surface area contributed by atoms with E-state index in [2.05, 4.69) is 36.5 Å². The molecule has 0 fully saturated rings. The van der Waals surface area contributed by atoms with E-state index in [1.54, 1.807) is 7.05 Å². The molecular formula is C14H24N2O2S. The van der Waals surface area contributed by atoms with Crippen LogP contribution in [0.4, 0.5) is 0 Å². The average Bonchev–Trinajstić information content (AvgIpc) is 2.36. The van der Waals surface area contributed by atoms with Crippen molar-refractivity contribution in [2.45, 2.75) is 25.8 Å². The molecule has 5 heteroatoms. The number of rotatable bonds is 8. The smallest absolute Gasteiger partial charge is 0.210 e. The summed E-state index contributed by atoms with van der Waals surface area (Å²) in [5.74, 6) is 0. The van der Waals surface area contributed by atoms with Gasteiger partial charge in [0, 0.05) is 26.2 Å². The highest BCUT2D eigenvalue weighted by Gasteiger charge is 2.10. The van der Waals surface area contributed by atoms with Gasteiger partial charge in [-0.2, -0.15) is 0 Å². The summed E-state index contributed by atoms with van der Waals surface area (Å²) in [5, 5.41) is 3.35. The third-order valence-corrected chi connectivity index (χ3v) is 4.51. The molecule has 0 aromatic heterocycles. The van der Waals surface area contributed by atoms with Crippen LogP contribution in [0.1, 0.15) is 18.9 Å². The Morgan fingerprint density at radius 2 is 1.89 bits per heavy atom. The van der Waals surface area contributed by atoms with Crippen LogP contribution in [0.2, 0.25) is 0 Å². The summed E-state index contributed by atoms with van der Waals surface area (Å²) in [4.78, 5) is 0. The molecule has 1 N–H and O–H groups in total. The van der Waals surface area contributed by atoms with Gasteiger partial charge in [-0.25, -0.2) is 12.7 Å². The van der Waals surface area contributed by atoms with E-state index >= 15 is 0 Å². The Labute approximate surface area is 116 Å². The Hall–Kier alpha value is -0.910. The fourth-order valence-electron chi connectivity index (χ4n) is 1.76. The molecule has 0 heterocycles. The Morgan fingerprint density at radius 3 is 2.47 bits per heavy atom. The van der Waals surface area contributed by atoms with Crippen LogP contribution in [0, 0.1) is 0 Å². The zero-order valence-electron chi connectivity index (χ0n) is 12.0. The number of hydrogen-bond acceptors (Lipinski definition) is 3. The van der Waals surface area contributed by atoms with Gasteiger partial charge in [0.15, 0.2) is 0 Å². The van der Waals surface area contributed by atoms with Crippen LogP contribution in [-0.2, 0) is 16.4 Å². The van der Waals surface area contributed by atoms with Crippen molar-refractivity contribution in [3.63, 3.8) is 0 Å². The predicted molar refractivity (Wildman–Crippen MR) is 79.7 cm³/mol. The molecule has 108 valence electrons. The first-order valence-electron chi connectivity index (χ1n) is 6.58. The van der Waals surface area contributed by atoms with Crippen molar-refractivity contribution in [1.82, 2.24) is 9.62 Å². The Kier molecular flexibility index (Phi) is 6.48. The first kappa shape index (κ1) is 16.1. The highest BCUT2D eigenvalue weighted by Crippen LogP contribution is 2.04. The molecule has 0 saturated heterocycles. The standard InChI is InChI=1S/C14H24N2O2S/c1-13(9-10-14-7-5-4-6-8-14)15-11-12-16(2)19(3,17)18/h4-8,13,15H,9-12H2,1-3H3/t13-/m1/s1. The van der Waals surface area contributed by atoms with E-state index in [0.29, 0.717) is 19.1 Å². The minimum Gasteiger partial charge on any atom is -0.313 e. The van der Waals surface area contributed by atoms with Crippen LogP contribution in [-0.4, -0.2) is 45.2 Å². The van der Waals surface area contributed by atoms with Gasteiger partial charge in [-0.05, 0) is 25.3 Å². The van der Waals surface area contributed by atoms with Gasteiger partial charge < -0.3 is 5.32 Å². The summed E-state index contributed by atoms with van der Waals surface area (Å²) in [6.07, 6.45) is 3.31. The second kappa shape index (κ2) is 7.62. The lowest BCUT2D eigenvalue weighted by Crippen LogP contribution is -2.36. The van der Waals surface area contributed by atoms with Crippen LogP contribution in [0.5, 0.6) is 0 Å². The van der Waals surface area contributed by atoms with Crippen LogP contribution < -0.4 is 5.32 Å². The maximum absolute atomic E-state index is 11.2. The number of nitrogens with one attached hydrogen (secondary N) is 1. The summed E-state index contributed by atoms with van der Waals surface area (Å²) in [6.45, 7) is 3.32. The zero-order chi connectivity index (χ0) is 14.3. The highest BCUT2D eigenvalue weighted by atomic mass is 32.2. The lowest BCUT2D eigenvalue weighted by Gasteiger charge is -2.17. The lowest BCUT2D eigenvalue weighted by atomic mass is 10.1. The van der Waals surface area contributed by atoms with Gasteiger partial charge in [0.05, 0.1) is 6.26 Å². The molecule has 0 aliphatic heterocycles. The number of benzene rings is 1. The minimum absolute atomic E-state index is 0.383. The summed E-state index contributed by atoms with van der Waals surface area (Å²) in [5.41, 5.74) is 1.34. The molecule has 0 aliphatic carbocycles. The topological polar surface area (TPSA) is 49.4 Å². The molecule has 0 amide bonds. The van der Waals surface area contributed by atoms with Gasteiger partial charge in [0.25, 0.3) is 0 Å². The van der Waals surface area contributed by atoms with E-state index in [-0.39, 0.29) is 0 Å². The monoisotopic (exact) mass is 284 g/mol. The van der Waals surface area contributed by atoms with Crippen LogP contribution in [0.15, 0.2) is 30.3 Å². The van der Waals surface area contributed by atoms with Crippen molar-refractivity contribution >= 4 is 10.0 Å². The summed E-state index contributed by atoms with van der Waals surface area (Å²) in [6, 6.07) is 10.8. The van der Waals surface area contributed by atoms with Crippen molar-refractivity contribution in [3.05, 3.63) is 35.9 Å². The number of likely N-dealkylation sites (N-methyl/N-ethyl adjacent to an activating group) is 1. The number of nitrogens with zero attached hydrogens (tertiary/aromatic N) is 1. The minimum atomic E-state index is -3.06. The summed E-state index contributed by atoms with van der Waals surface area (Å²) in [7, 11) is -1.46. The van der Waals surface area contributed by atoms with Crippen molar-refractivity contribution in [3.8, 4) is 0 Å². The van der Waals surface area contributed by atoms with Crippen molar-refractivity contribution in [2.75, 3.05) is 26.4 Å². The van der Waals surface area contributed by atoms with Gasteiger partial charge in [0.1, 0.15) is 0 Å². The molecular weight excluding hydrogens is 260 g/mol. The maximum atomic E-state index is 11.2. The second-order valence-electron chi connectivity index (χ2n) is 4.96. The van der Waals surface area contributed by atoms with E-state index in [4.69, 9.17) is 0 Å². The largest absolute Gasteiger partial charge is 0.313 e. The summed E-state index contributed by atoms with van der Waals surface area (Å²) >= 11 is 0. The first-order chi connectivity index (χ1) is 8.89. The molecule has 1 rings (SSSR count). The van der Waals surface area contributed by atoms with Crippen LogP contribution in [0.3, 0.4) is 0 Å². The zero-order valence-corrected chi connectivity index (χ0v) is 12.8. The molecule has 0 aliphatic rings. The number of hydrogen-bond donors (Lipinski definition) is 1. The Balaban J connectivity index is 2.20. The molecule has 0 unspecified atom stereocenters. The molecule has 1 aromatic carbocycles. The van der Waals surface area contributed by atoms with Crippen LogP contribution in [0.25, 0.3) is 0 Å². The van der Waals surface area contributed by atoms with Gasteiger partial charge in [-0.3, -0.25) is 0 Å². The van der Waals surface area contributed by atoms with E-state index in [1.807, 2.05) is 6.07 Å². The quantitative estimate of drug-likeness (QED) is 0.787. The molecule has 19 heavy (non-hydrogen) atoms. The van der Waals surface area contributed by atoms with Gasteiger partial charge in [-0.15, -0.1) is 0 Å². The fourth-order valence-corrected chi connectivity index (χ4v) is 2.19. The first-order valence-corrected chi connectivity index (χ1v) is 8.43. The molecule has 0 saturated carbocycles. The summed E-state index contributed by atoms with van der Waals surface area (Å²) < 4.78 is 23.8. The number of aryl methyl sites for hydroxylation is 1. The Morgan fingerprint density at radius 1 is 1.26 bits per heavy atom. The second-order valence-corrected chi connectivity index (χ2v) is 7.05. The third kappa shape index (κ3) is 6.71. The van der Waals surface area contributed by atoms with E-state index in [0.717, 1.165) is 12.8 Å². The van der Waals surface area contributed by atoms with Gasteiger partial charge >= 0.3 is 0 Å². The van der Waals surface area contributed by atoms with Gasteiger partial charge in [-0.1, -0.05) is 30.3 Å². The normalized spacial score (nSPS) is 13.7. The van der Waals surface area contributed by atoms with E-state index in [1.165, 1.54) is 16.1 Å². The molecule has 0 spiro atoms.